The van der Waals surface area contributed by atoms with E-state index in [0.717, 1.165) is 10.9 Å². The van der Waals surface area contributed by atoms with Crippen molar-refractivity contribution in [3.05, 3.63) is 51.9 Å². The zero-order chi connectivity index (χ0) is 19.8. The fourth-order valence-corrected chi connectivity index (χ4v) is 3.19. The summed E-state index contributed by atoms with van der Waals surface area (Å²) in [6.07, 6.45) is -4.01. The second-order valence-electron chi connectivity index (χ2n) is 6.50. The Morgan fingerprint density at radius 3 is 2.48 bits per heavy atom. The van der Waals surface area contributed by atoms with Gasteiger partial charge in [0.2, 0.25) is 0 Å². The number of halogens is 3. The van der Waals surface area contributed by atoms with E-state index in [2.05, 4.69) is 5.10 Å². The van der Waals surface area contributed by atoms with Crippen molar-refractivity contribution >= 4 is 5.69 Å². The maximum Gasteiger partial charge on any atom is 0.423 e. The minimum atomic E-state index is -4.82. The Morgan fingerprint density at radius 1 is 1.33 bits per heavy atom. The number of rotatable bonds is 5. The fraction of sp³-hybridized carbons (Fsp3) is 0.444. The van der Waals surface area contributed by atoms with Crippen LogP contribution < -0.4 is 15.2 Å². The number of aliphatic hydroxyl groups is 1. The molecule has 6 nitrogen and oxygen atoms in total. The summed E-state index contributed by atoms with van der Waals surface area (Å²) in [6.45, 7) is 1.76. The van der Waals surface area contributed by atoms with Crippen LogP contribution in [0.4, 0.5) is 18.9 Å². The molecule has 2 aromatic rings. The summed E-state index contributed by atoms with van der Waals surface area (Å²) < 4.78 is 46.7. The van der Waals surface area contributed by atoms with Gasteiger partial charge in [0.05, 0.1) is 37.7 Å². The van der Waals surface area contributed by atoms with Gasteiger partial charge in [0, 0.05) is 6.54 Å². The highest BCUT2D eigenvalue weighted by atomic mass is 19.4. The van der Waals surface area contributed by atoms with Gasteiger partial charge in [0.25, 0.3) is 5.56 Å². The summed E-state index contributed by atoms with van der Waals surface area (Å²) >= 11 is 0. The van der Waals surface area contributed by atoms with Crippen molar-refractivity contribution in [3.63, 3.8) is 0 Å². The predicted octanol–water partition coefficient (Wildman–Crippen LogP) is 2.28. The predicted molar refractivity (Wildman–Crippen MR) is 93.0 cm³/mol. The van der Waals surface area contributed by atoms with E-state index in [-0.39, 0.29) is 12.2 Å². The monoisotopic (exact) mass is 383 g/mol. The van der Waals surface area contributed by atoms with Gasteiger partial charge in [-0.3, -0.25) is 4.79 Å². The van der Waals surface area contributed by atoms with Crippen molar-refractivity contribution in [2.24, 2.45) is 0 Å². The number of alkyl halides is 3. The van der Waals surface area contributed by atoms with Crippen molar-refractivity contribution in [3.8, 4) is 5.75 Å². The van der Waals surface area contributed by atoms with Crippen LogP contribution >= 0.6 is 0 Å². The largest absolute Gasteiger partial charge is 0.497 e. The zero-order valence-corrected chi connectivity index (χ0v) is 14.9. The Bertz CT molecular complexity index is 863. The van der Waals surface area contributed by atoms with E-state index in [1.165, 1.54) is 18.9 Å². The van der Waals surface area contributed by atoms with Crippen LogP contribution in [-0.2, 0) is 12.7 Å². The molecule has 1 aromatic carbocycles. The van der Waals surface area contributed by atoms with E-state index in [9.17, 15) is 23.1 Å². The molecule has 2 unspecified atom stereocenters. The molecule has 2 heterocycles. The van der Waals surface area contributed by atoms with Crippen LogP contribution in [0.15, 0.2) is 35.3 Å². The minimum absolute atomic E-state index is 0.0913. The number of ether oxygens (including phenoxy) is 1. The highest BCUT2D eigenvalue weighted by molar-refractivity contribution is 5.55. The molecule has 27 heavy (non-hydrogen) atoms. The number of hydrogen-bond acceptors (Lipinski definition) is 5. The molecule has 3 rings (SSSR count). The molecular weight excluding hydrogens is 363 g/mol. The number of hydrogen-bond donors (Lipinski definition) is 1. The van der Waals surface area contributed by atoms with E-state index >= 15 is 0 Å². The Hall–Kier alpha value is -2.55. The first-order chi connectivity index (χ1) is 12.7. The number of anilines is 1. The van der Waals surface area contributed by atoms with Crippen LogP contribution in [0.25, 0.3) is 0 Å². The molecule has 1 fully saturated rings. The third-order valence-corrected chi connectivity index (χ3v) is 4.73. The lowest BCUT2D eigenvalue weighted by molar-refractivity contribution is -0.138. The third-order valence-electron chi connectivity index (χ3n) is 4.73. The Labute approximate surface area is 153 Å². The van der Waals surface area contributed by atoms with Crippen LogP contribution in [0.1, 0.15) is 24.5 Å². The van der Waals surface area contributed by atoms with Crippen LogP contribution in [0.2, 0.25) is 0 Å². The lowest BCUT2D eigenvalue weighted by Crippen LogP contribution is -2.55. The highest BCUT2D eigenvalue weighted by Crippen LogP contribution is 2.37. The molecule has 9 heteroatoms. The van der Waals surface area contributed by atoms with Gasteiger partial charge in [-0.15, -0.1) is 0 Å². The summed E-state index contributed by atoms with van der Waals surface area (Å²) in [7, 11) is 1.51. The molecule has 0 aliphatic carbocycles. The molecule has 0 amide bonds. The molecule has 2 atom stereocenters. The van der Waals surface area contributed by atoms with Crippen molar-refractivity contribution in [1.82, 2.24) is 9.78 Å². The Kier molecular flexibility index (Phi) is 5.14. The molecule has 0 spiro atoms. The lowest BCUT2D eigenvalue weighted by atomic mass is 9.96. The van der Waals surface area contributed by atoms with Gasteiger partial charge in [-0.05, 0) is 31.0 Å². The summed E-state index contributed by atoms with van der Waals surface area (Å²) in [6, 6.07) is 6.18. The fourth-order valence-electron chi connectivity index (χ4n) is 3.19. The number of benzene rings is 1. The number of nitrogens with zero attached hydrogens (tertiary/aromatic N) is 3. The molecule has 1 aliphatic heterocycles. The maximum absolute atomic E-state index is 13.6. The second kappa shape index (κ2) is 7.22. The van der Waals surface area contributed by atoms with Gasteiger partial charge in [-0.2, -0.15) is 18.3 Å². The van der Waals surface area contributed by atoms with Crippen molar-refractivity contribution in [2.45, 2.75) is 38.2 Å². The SMILES string of the molecule is COc1ccc(Cn2ncc(N3CCC3C(C)O)c(C(F)(F)F)c2=O)cc1. The van der Waals surface area contributed by atoms with E-state index < -0.39 is 29.4 Å². The molecule has 1 N–H and O–H groups in total. The highest BCUT2D eigenvalue weighted by Gasteiger charge is 2.43. The normalized spacial score (nSPS) is 18.1. The summed E-state index contributed by atoms with van der Waals surface area (Å²) in [5.74, 6) is 0.604. The smallest absolute Gasteiger partial charge is 0.423 e. The summed E-state index contributed by atoms with van der Waals surface area (Å²) in [5, 5.41) is 13.7. The van der Waals surface area contributed by atoms with Gasteiger partial charge in [0.1, 0.15) is 11.3 Å². The first-order valence-corrected chi connectivity index (χ1v) is 8.47. The lowest BCUT2D eigenvalue weighted by Gasteiger charge is -2.45. The Balaban J connectivity index is 1.99. The molecular formula is C18H20F3N3O3. The van der Waals surface area contributed by atoms with Crippen LogP contribution in [0, 0.1) is 0 Å². The molecule has 146 valence electrons. The van der Waals surface area contributed by atoms with Crippen molar-refractivity contribution in [2.75, 3.05) is 18.6 Å². The average Bonchev–Trinajstić information content (AvgIpc) is 2.55. The maximum atomic E-state index is 13.6. The van der Waals surface area contributed by atoms with Gasteiger partial charge in [-0.1, -0.05) is 12.1 Å². The van der Waals surface area contributed by atoms with Gasteiger partial charge in [0.15, 0.2) is 0 Å². The molecule has 0 saturated carbocycles. The molecule has 0 bridgehead atoms. The molecule has 1 saturated heterocycles. The van der Waals surface area contributed by atoms with Gasteiger partial charge in [-0.25, -0.2) is 4.68 Å². The van der Waals surface area contributed by atoms with Crippen LogP contribution in [0.3, 0.4) is 0 Å². The molecule has 1 aromatic heterocycles. The van der Waals surface area contributed by atoms with Gasteiger partial charge >= 0.3 is 6.18 Å². The third kappa shape index (κ3) is 3.78. The van der Waals surface area contributed by atoms with E-state index in [1.807, 2.05) is 0 Å². The van der Waals surface area contributed by atoms with E-state index in [4.69, 9.17) is 4.74 Å². The van der Waals surface area contributed by atoms with Crippen molar-refractivity contribution in [1.29, 1.82) is 0 Å². The van der Waals surface area contributed by atoms with E-state index in [1.54, 1.807) is 24.3 Å². The number of aromatic nitrogens is 2. The number of aliphatic hydroxyl groups excluding tert-OH is 1. The van der Waals surface area contributed by atoms with Gasteiger partial charge < -0.3 is 14.7 Å². The topological polar surface area (TPSA) is 67.6 Å². The second-order valence-corrected chi connectivity index (χ2v) is 6.50. The van der Waals surface area contributed by atoms with E-state index in [0.29, 0.717) is 24.3 Å². The van der Waals surface area contributed by atoms with Crippen molar-refractivity contribution < 1.29 is 23.0 Å². The quantitative estimate of drug-likeness (QED) is 0.858. The number of methoxy groups -OCH3 is 1. The first kappa shape index (κ1) is 19.2. The summed E-state index contributed by atoms with van der Waals surface area (Å²) in [4.78, 5) is 13.9. The molecule has 1 aliphatic rings. The zero-order valence-electron chi connectivity index (χ0n) is 14.9. The van der Waals surface area contributed by atoms with Crippen LogP contribution in [0.5, 0.6) is 5.75 Å². The summed E-state index contributed by atoms with van der Waals surface area (Å²) in [5.41, 5.74) is -2.11. The average molecular weight is 383 g/mol. The Morgan fingerprint density at radius 2 is 2.00 bits per heavy atom. The minimum Gasteiger partial charge on any atom is -0.497 e. The standard InChI is InChI=1S/C18H20F3N3O3/c1-11(25)14-7-8-23(14)15-9-22-24(17(26)16(15)18(19,20)21)10-12-3-5-13(27-2)6-4-12/h3-6,9,11,14,25H,7-8,10H2,1-2H3. The van der Waals surface area contributed by atoms with Crippen LogP contribution in [-0.4, -0.2) is 40.7 Å². The first-order valence-electron chi connectivity index (χ1n) is 8.47. The molecule has 0 radical (unpaired) electrons.